The highest BCUT2D eigenvalue weighted by Gasteiger charge is 2.13. The topological polar surface area (TPSA) is 50.9 Å². The van der Waals surface area contributed by atoms with Crippen LogP contribution in [0.5, 0.6) is 0 Å². The molecule has 0 radical (unpaired) electrons. The molecule has 0 aliphatic rings. The fraction of sp³-hybridized carbons (Fsp3) is 0.500. The van der Waals surface area contributed by atoms with Gasteiger partial charge < -0.3 is 11.1 Å². The molecule has 78 valence electrons. The zero-order valence-electron chi connectivity index (χ0n) is 8.00. The molecular weight excluding hydrogens is 238 g/mol. The number of aromatic nitrogens is 1. The monoisotopic (exact) mass is 249 g/mol. The van der Waals surface area contributed by atoms with Gasteiger partial charge in [0, 0.05) is 6.54 Å². The average Bonchev–Trinajstić information content (AvgIpc) is 2.44. The molecule has 0 aliphatic carbocycles. The maximum Gasteiger partial charge on any atom is 0.156 e. The number of nitrogens with one attached hydrogen (secondary N) is 1. The van der Waals surface area contributed by atoms with E-state index < -0.39 is 0 Å². The van der Waals surface area contributed by atoms with Crippen molar-refractivity contribution in [2.75, 3.05) is 12.3 Å². The fourth-order valence-corrected chi connectivity index (χ4v) is 2.07. The predicted molar refractivity (Wildman–Crippen MR) is 66.1 cm³/mol. The molecule has 0 unspecified atom stereocenters. The number of nitrogens with two attached hydrogens (primary N) is 1. The minimum atomic E-state index is 0.348. The van der Waals surface area contributed by atoms with Gasteiger partial charge in [0.2, 0.25) is 0 Å². The molecule has 0 saturated carbocycles. The normalized spacial score (nSPS) is 10.6. The molecule has 0 aromatic carbocycles. The van der Waals surface area contributed by atoms with E-state index >= 15 is 0 Å². The van der Waals surface area contributed by atoms with Crippen molar-refractivity contribution >= 4 is 46.2 Å². The third kappa shape index (κ3) is 2.80. The number of rotatable bonds is 3. The largest absolute Gasteiger partial charge is 0.382 e. The molecule has 0 saturated heterocycles. The standard InChI is InChI=1S/C8H12ClN3S2/c1-4(2)3-11-8(13)6-5(9)7(10)12-14-6/h4H,3H2,1-2H3,(H2,10,12)(H,11,13). The third-order valence-corrected chi connectivity index (χ3v) is 3.39. The molecule has 3 nitrogen and oxygen atoms in total. The summed E-state index contributed by atoms with van der Waals surface area (Å²) in [4.78, 5) is 1.37. The second-order valence-corrected chi connectivity index (χ2v) is 4.87. The SMILES string of the molecule is CC(C)CNC(=S)c1snc(N)c1Cl. The molecular formula is C8H12ClN3S2. The lowest BCUT2D eigenvalue weighted by molar-refractivity contribution is 0.628. The van der Waals surface area contributed by atoms with E-state index in [1.165, 1.54) is 11.5 Å². The quantitative estimate of drug-likeness (QED) is 0.808. The summed E-state index contributed by atoms with van der Waals surface area (Å²) < 4.78 is 3.92. The van der Waals surface area contributed by atoms with Gasteiger partial charge in [-0.1, -0.05) is 37.7 Å². The second kappa shape index (κ2) is 4.91. The highest BCUT2D eigenvalue weighted by molar-refractivity contribution is 7.81. The third-order valence-electron chi connectivity index (χ3n) is 1.54. The molecule has 0 amide bonds. The van der Waals surface area contributed by atoms with Gasteiger partial charge in [-0.05, 0) is 17.5 Å². The summed E-state index contributed by atoms with van der Waals surface area (Å²) in [6, 6.07) is 0. The minimum Gasteiger partial charge on any atom is -0.382 e. The summed E-state index contributed by atoms with van der Waals surface area (Å²) in [6.45, 7) is 5.05. The smallest absolute Gasteiger partial charge is 0.156 e. The van der Waals surface area contributed by atoms with E-state index in [-0.39, 0.29) is 0 Å². The fourth-order valence-electron chi connectivity index (χ4n) is 0.810. The Labute approximate surface area is 97.8 Å². The van der Waals surface area contributed by atoms with Crippen LogP contribution in [0.3, 0.4) is 0 Å². The Balaban J connectivity index is 2.66. The highest BCUT2D eigenvalue weighted by atomic mass is 35.5. The zero-order chi connectivity index (χ0) is 10.7. The molecule has 0 bridgehead atoms. The maximum atomic E-state index is 5.91. The summed E-state index contributed by atoms with van der Waals surface area (Å²) in [7, 11) is 0. The zero-order valence-corrected chi connectivity index (χ0v) is 10.4. The lowest BCUT2D eigenvalue weighted by atomic mass is 10.2. The van der Waals surface area contributed by atoms with Crippen molar-refractivity contribution in [1.29, 1.82) is 0 Å². The number of halogens is 1. The predicted octanol–water partition coefficient (Wildman–Crippen LogP) is 2.30. The van der Waals surface area contributed by atoms with Gasteiger partial charge in [-0.2, -0.15) is 4.37 Å². The average molecular weight is 250 g/mol. The van der Waals surface area contributed by atoms with Gasteiger partial charge in [0.1, 0.15) is 14.9 Å². The molecule has 0 atom stereocenters. The molecule has 3 N–H and O–H groups in total. The number of hydrogen-bond donors (Lipinski definition) is 2. The van der Waals surface area contributed by atoms with Crippen LogP contribution in [0.2, 0.25) is 5.02 Å². The Morgan fingerprint density at radius 1 is 1.71 bits per heavy atom. The Morgan fingerprint density at radius 2 is 2.36 bits per heavy atom. The van der Waals surface area contributed by atoms with Crippen LogP contribution in [0.15, 0.2) is 0 Å². The summed E-state index contributed by atoms with van der Waals surface area (Å²) in [5.41, 5.74) is 5.51. The lowest BCUT2D eigenvalue weighted by Gasteiger charge is -2.08. The van der Waals surface area contributed by atoms with Gasteiger partial charge >= 0.3 is 0 Å². The lowest BCUT2D eigenvalue weighted by Crippen LogP contribution is -2.25. The van der Waals surface area contributed by atoms with Gasteiger partial charge in [0.05, 0.1) is 0 Å². The number of nitrogens with zero attached hydrogens (tertiary/aromatic N) is 1. The van der Waals surface area contributed by atoms with Crippen molar-refractivity contribution in [3.63, 3.8) is 0 Å². The molecule has 1 aromatic heterocycles. The van der Waals surface area contributed by atoms with Crippen molar-refractivity contribution in [3.05, 3.63) is 9.90 Å². The van der Waals surface area contributed by atoms with Gasteiger partial charge in [0.15, 0.2) is 5.82 Å². The van der Waals surface area contributed by atoms with E-state index in [2.05, 4.69) is 23.5 Å². The van der Waals surface area contributed by atoms with E-state index in [1.807, 2.05) is 0 Å². The number of hydrogen-bond acceptors (Lipinski definition) is 4. The van der Waals surface area contributed by atoms with Crippen LogP contribution in [0.25, 0.3) is 0 Å². The van der Waals surface area contributed by atoms with Gasteiger partial charge in [-0.15, -0.1) is 0 Å². The van der Waals surface area contributed by atoms with Crippen LogP contribution in [-0.4, -0.2) is 15.9 Å². The van der Waals surface area contributed by atoms with E-state index in [0.29, 0.717) is 21.7 Å². The van der Waals surface area contributed by atoms with Crippen molar-refractivity contribution in [2.45, 2.75) is 13.8 Å². The van der Waals surface area contributed by atoms with Crippen molar-refractivity contribution < 1.29 is 0 Å². The van der Waals surface area contributed by atoms with Gasteiger partial charge in [-0.25, -0.2) is 0 Å². The van der Waals surface area contributed by atoms with E-state index in [1.54, 1.807) is 0 Å². The van der Waals surface area contributed by atoms with Crippen LogP contribution in [0, 0.1) is 5.92 Å². The second-order valence-electron chi connectivity index (χ2n) is 3.31. The Morgan fingerprint density at radius 3 is 2.79 bits per heavy atom. The summed E-state index contributed by atoms with van der Waals surface area (Å²) in [5, 5.41) is 3.57. The number of anilines is 1. The van der Waals surface area contributed by atoms with E-state index in [0.717, 1.165) is 11.4 Å². The van der Waals surface area contributed by atoms with Crippen molar-refractivity contribution in [2.24, 2.45) is 5.92 Å². The molecule has 1 aromatic rings. The molecule has 1 heterocycles. The summed E-state index contributed by atoms with van der Waals surface area (Å²) in [5.74, 6) is 0.886. The van der Waals surface area contributed by atoms with Crippen LogP contribution in [0.1, 0.15) is 18.7 Å². The first-order valence-corrected chi connectivity index (χ1v) is 5.77. The van der Waals surface area contributed by atoms with Crippen LogP contribution >= 0.6 is 35.4 Å². The first kappa shape index (κ1) is 11.7. The first-order chi connectivity index (χ1) is 6.52. The number of nitrogen functional groups attached to an aromatic ring is 1. The Bertz CT molecular complexity index is 335. The molecule has 0 spiro atoms. The van der Waals surface area contributed by atoms with E-state index in [4.69, 9.17) is 29.6 Å². The molecule has 6 heteroatoms. The van der Waals surface area contributed by atoms with Crippen molar-refractivity contribution in [1.82, 2.24) is 9.69 Å². The minimum absolute atomic E-state index is 0.348. The van der Waals surface area contributed by atoms with Crippen molar-refractivity contribution in [3.8, 4) is 0 Å². The van der Waals surface area contributed by atoms with Gasteiger partial charge in [0.25, 0.3) is 0 Å². The first-order valence-electron chi connectivity index (χ1n) is 4.21. The molecule has 14 heavy (non-hydrogen) atoms. The Kier molecular flexibility index (Phi) is 4.10. The van der Waals surface area contributed by atoms with E-state index in [9.17, 15) is 0 Å². The van der Waals surface area contributed by atoms with Gasteiger partial charge in [-0.3, -0.25) is 0 Å². The van der Waals surface area contributed by atoms with Crippen LogP contribution in [-0.2, 0) is 0 Å². The molecule has 1 rings (SSSR count). The highest BCUT2D eigenvalue weighted by Crippen LogP contribution is 2.26. The Hall–Kier alpha value is -0.390. The summed E-state index contributed by atoms with van der Waals surface area (Å²) >= 11 is 12.3. The molecule has 0 fully saturated rings. The van der Waals surface area contributed by atoms with Crippen LogP contribution < -0.4 is 11.1 Å². The summed E-state index contributed by atoms with van der Waals surface area (Å²) in [6.07, 6.45) is 0. The maximum absolute atomic E-state index is 5.91. The van der Waals surface area contributed by atoms with Crippen LogP contribution in [0.4, 0.5) is 5.82 Å². The number of thiocarbonyl (C=S) groups is 1. The molecule has 0 aliphatic heterocycles.